The number of carbonyl (C=O) groups excluding carboxylic acids is 4. The number of aliphatic hydroxyl groups excluding tert-OH is 1. The number of fused-ring (bicyclic) bond motifs is 2. The molecule has 0 saturated carbocycles. The topological polar surface area (TPSA) is 163 Å². The van der Waals surface area contributed by atoms with E-state index >= 15 is 0 Å². The monoisotopic (exact) mass is 560 g/mol. The molecule has 0 aromatic heterocycles. The molecule has 0 saturated heterocycles. The summed E-state index contributed by atoms with van der Waals surface area (Å²) in [5.41, 5.74) is 6.12. The molecule has 0 aromatic carbocycles. The van der Waals surface area contributed by atoms with Crippen molar-refractivity contribution in [3.63, 3.8) is 0 Å². The number of Topliss-reactive ketones (excluding diaryl/α,β-unsaturated/α-hetero) is 1. The van der Waals surface area contributed by atoms with Gasteiger partial charge in [-0.3, -0.25) is 14.4 Å². The van der Waals surface area contributed by atoms with Crippen LogP contribution in [0.2, 0.25) is 0 Å². The quantitative estimate of drug-likeness (QED) is 0.346. The zero-order chi connectivity index (χ0) is 30.1. The molecular formula is C29H40N2O9. The summed E-state index contributed by atoms with van der Waals surface area (Å²) in [5, 5.41) is 13.7. The second-order valence-corrected chi connectivity index (χ2v) is 10.1. The van der Waals surface area contributed by atoms with E-state index in [-0.39, 0.29) is 34.9 Å². The molecule has 4 N–H and O–H groups in total. The first kappa shape index (κ1) is 32.7. The highest BCUT2D eigenvalue weighted by molar-refractivity contribution is 6.23. The summed E-state index contributed by atoms with van der Waals surface area (Å²) < 4.78 is 21.7. The van der Waals surface area contributed by atoms with Gasteiger partial charge in [0.1, 0.15) is 6.10 Å². The number of rotatable bonds is 4. The number of amides is 2. The van der Waals surface area contributed by atoms with Crippen molar-refractivity contribution in [1.82, 2.24) is 5.32 Å². The number of ketones is 2. The van der Waals surface area contributed by atoms with Crippen LogP contribution < -0.4 is 11.1 Å². The van der Waals surface area contributed by atoms with Crippen LogP contribution in [0.4, 0.5) is 4.79 Å². The third kappa shape index (κ3) is 8.23. The van der Waals surface area contributed by atoms with Crippen LogP contribution in [-0.4, -0.2) is 74.4 Å². The van der Waals surface area contributed by atoms with Gasteiger partial charge < -0.3 is 35.1 Å². The lowest BCUT2D eigenvalue weighted by Crippen LogP contribution is -2.37. The highest BCUT2D eigenvalue weighted by atomic mass is 16.6. The third-order valence-electron chi connectivity index (χ3n) is 6.95. The summed E-state index contributed by atoms with van der Waals surface area (Å²) >= 11 is 0. The second kappa shape index (κ2) is 14.7. The fourth-order valence-electron chi connectivity index (χ4n) is 4.78. The Hall–Kier alpha value is -3.54. The lowest BCUT2D eigenvalue weighted by atomic mass is 9.85. The summed E-state index contributed by atoms with van der Waals surface area (Å²) in [7, 11) is 4.21. The maximum absolute atomic E-state index is 13.3. The Labute approximate surface area is 234 Å². The summed E-state index contributed by atoms with van der Waals surface area (Å²) in [4.78, 5) is 50.6. The van der Waals surface area contributed by atoms with Crippen LogP contribution in [0.3, 0.4) is 0 Å². The molecule has 40 heavy (non-hydrogen) atoms. The Bertz CT molecular complexity index is 1150. The van der Waals surface area contributed by atoms with Crippen molar-refractivity contribution in [2.24, 2.45) is 17.6 Å². The Kier molecular flexibility index (Phi) is 12.0. The van der Waals surface area contributed by atoms with Gasteiger partial charge in [-0.2, -0.15) is 0 Å². The average Bonchev–Trinajstić information content (AvgIpc) is 2.90. The minimum atomic E-state index is -1.00. The molecule has 1 aliphatic carbocycles. The van der Waals surface area contributed by atoms with Crippen molar-refractivity contribution in [2.75, 3.05) is 21.3 Å². The maximum Gasteiger partial charge on any atom is 0.405 e. The van der Waals surface area contributed by atoms with Gasteiger partial charge in [0.15, 0.2) is 11.9 Å². The van der Waals surface area contributed by atoms with Crippen LogP contribution in [-0.2, 0) is 33.3 Å². The van der Waals surface area contributed by atoms with Gasteiger partial charge in [0.2, 0.25) is 11.6 Å². The van der Waals surface area contributed by atoms with E-state index in [1.165, 1.54) is 34.3 Å². The first-order valence-electron chi connectivity index (χ1n) is 13.0. The molecule has 220 valence electrons. The molecule has 1 aliphatic heterocycles. The molecule has 0 radical (unpaired) electrons. The number of methoxy groups -OCH3 is 3. The minimum absolute atomic E-state index is 0.0801. The van der Waals surface area contributed by atoms with Crippen LogP contribution in [0, 0.1) is 11.8 Å². The van der Waals surface area contributed by atoms with Crippen molar-refractivity contribution in [3.8, 4) is 0 Å². The van der Waals surface area contributed by atoms with Gasteiger partial charge in [0, 0.05) is 37.4 Å². The van der Waals surface area contributed by atoms with Crippen molar-refractivity contribution >= 4 is 23.6 Å². The molecule has 0 spiro atoms. The lowest BCUT2D eigenvalue weighted by molar-refractivity contribution is -0.120. The molecule has 11 heteroatoms. The van der Waals surface area contributed by atoms with Gasteiger partial charge in [0.25, 0.3) is 5.91 Å². The molecule has 6 unspecified atom stereocenters. The number of hydrogen-bond acceptors (Lipinski definition) is 9. The van der Waals surface area contributed by atoms with E-state index in [0.717, 1.165) is 6.08 Å². The summed E-state index contributed by atoms with van der Waals surface area (Å²) in [6.07, 6.45) is 3.61. The van der Waals surface area contributed by atoms with Gasteiger partial charge in [-0.25, -0.2) is 4.79 Å². The number of nitrogens with two attached hydrogens (primary N) is 1. The number of ether oxygens (including phenoxy) is 4. The molecule has 11 nitrogen and oxygen atoms in total. The Morgan fingerprint density at radius 1 is 1.10 bits per heavy atom. The molecule has 2 rings (SSSR count). The largest absolute Gasteiger partial charge is 0.492 e. The maximum atomic E-state index is 13.3. The van der Waals surface area contributed by atoms with E-state index in [0.29, 0.717) is 12.0 Å². The number of aliphatic hydroxyl groups is 1. The van der Waals surface area contributed by atoms with E-state index in [9.17, 15) is 24.3 Å². The second-order valence-electron chi connectivity index (χ2n) is 10.1. The third-order valence-corrected chi connectivity index (χ3v) is 6.95. The molecule has 0 fully saturated rings. The normalized spacial score (nSPS) is 32.7. The van der Waals surface area contributed by atoms with Gasteiger partial charge in [0.05, 0.1) is 25.0 Å². The zero-order valence-electron chi connectivity index (χ0n) is 24.1. The number of hydrogen-bond donors (Lipinski definition) is 3. The van der Waals surface area contributed by atoms with Gasteiger partial charge in [-0.05, 0) is 38.2 Å². The zero-order valence-corrected chi connectivity index (χ0v) is 24.1. The molecule has 2 amide bonds. The highest BCUT2D eigenvalue weighted by Crippen LogP contribution is 2.29. The molecule has 2 aliphatic rings. The first-order chi connectivity index (χ1) is 18.8. The summed E-state index contributed by atoms with van der Waals surface area (Å²) in [6, 6.07) is 0. The van der Waals surface area contributed by atoms with Crippen molar-refractivity contribution < 1.29 is 43.2 Å². The molecular weight excluding hydrogens is 520 g/mol. The van der Waals surface area contributed by atoms with Crippen molar-refractivity contribution in [1.29, 1.82) is 0 Å². The Morgan fingerprint density at radius 2 is 1.77 bits per heavy atom. The highest BCUT2D eigenvalue weighted by Gasteiger charge is 2.34. The minimum Gasteiger partial charge on any atom is -0.492 e. The number of allylic oxidation sites excluding steroid dienone is 4. The predicted octanol–water partition coefficient (Wildman–Crippen LogP) is 2.41. The molecule has 1 heterocycles. The van der Waals surface area contributed by atoms with Crippen LogP contribution in [0.25, 0.3) is 0 Å². The fourth-order valence-corrected chi connectivity index (χ4v) is 4.78. The lowest BCUT2D eigenvalue weighted by Gasteiger charge is -2.29. The summed E-state index contributed by atoms with van der Waals surface area (Å²) in [5.74, 6) is -2.39. The SMILES string of the molecule is COC1=C2CC(C)CC(OC)C(O)C(C)/C=C(\C)C(OC(N)=O)C(OC)/C=C\C=C(/C)C(=O)NC(=CC1=O)C2=O. The molecule has 2 bridgehead atoms. The molecule has 6 atom stereocenters. The van der Waals surface area contributed by atoms with Crippen LogP contribution >= 0.6 is 0 Å². The van der Waals surface area contributed by atoms with Gasteiger partial charge in [-0.1, -0.05) is 38.2 Å². The van der Waals surface area contributed by atoms with E-state index in [1.54, 1.807) is 32.1 Å². The predicted molar refractivity (Wildman–Crippen MR) is 147 cm³/mol. The average molecular weight is 561 g/mol. The van der Waals surface area contributed by atoms with Gasteiger partial charge >= 0.3 is 6.09 Å². The number of nitrogens with one attached hydrogen (secondary N) is 1. The number of primary amides is 1. The van der Waals surface area contributed by atoms with Crippen LogP contribution in [0.1, 0.15) is 40.5 Å². The van der Waals surface area contributed by atoms with E-state index in [2.05, 4.69) is 5.32 Å². The smallest absolute Gasteiger partial charge is 0.405 e. The van der Waals surface area contributed by atoms with Crippen LogP contribution in [0.15, 0.2) is 58.6 Å². The van der Waals surface area contributed by atoms with E-state index < -0.39 is 53.9 Å². The first-order valence-corrected chi connectivity index (χ1v) is 13.0. The van der Waals surface area contributed by atoms with E-state index in [1.807, 2.05) is 6.92 Å². The van der Waals surface area contributed by atoms with Crippen molar-refractivity contribution in [3.05, 3.63) is 58.6 Å². The fraction of sp³-hybridized carbons (Fsp3) is 0.517. The van der Waals surface area contributed by atoms with Gasteiger partial charge in [-0.15, -0.1) is 0 Å². The number of carbonyl (C=O) groups is 4. The summed E-state index contributed by atoms with van der Waals surface area (Å²) in [6.45, 7) is 6.92. The Balaban J connectivity index is 2.60. The van der Waals surface area contributed by atoms with Crippen molar-refractivity contribution in [2.45, 2.75) is 65.0 Å². The standard InChI is InChI=1S/C29H40N2O9/c1-15-11-19-25(34)20(14-21(32)27(19)39-7)31-28(35)16(2)9-8-10-22(37-5)26(40-29(30)36)18(4)13-17(3)24(33)23(12-15)38-6/h8-10,13-15,17,22-24,26,33H,11-12H2,1-7H3,(H2,30,36)(H,31,35)/b10-8-,16-9+,18-13+. The van der Waals surface area contributed by atoms with Crippen LogP contribution in [0.5, 0.6) is 0 Å². The molecule has 0 aromatic rings. The Morgan fingerprint density at radius 3 is 2.35 bits per heavy atom. The van der Waals surface area contributed by atoms with E-state index in [4.69, 9.17) is 24.7 Å².